The number of nitrogens with one attached hydrogen (secondary N) is 1. The highest BCUT2D eigenvalue weighted by Gasteiger charge is 2.14. The first-order chi connectivity index (χ1) is 24.5. The van der Waals surface area contributed by atoms with E-state index in [0.29, 0.717) is 25.2 Å². The summed E-state index contributed by atoms with van der Waals surface area (Å²) in [5.41, 5.74) is 0. The third-order valence-electron chi connectivity index (χ3n) is 9.53. The highest BCUT2D eigenvalue weighted by atomic mass is 32.2. The SMILES string of the molecule is CCCCCCCCOC(=O)CCCCCCCN(CCCCCCCC(=O)OC(CCCCC)CCCCCC)CCCNC(=O)CSC. The second-order valence-electron chi connectivity index (χ2n) is 14.5. The Balaban J connectivity index is 4.24. The van der Waals surface area contributed by atoms with Crippen molar-refractivity contribution in [2.75, 3.05) is 44.8 Å². The minimum absolute atomic E-state index is 0.00113. The minimum atomic E-state index is -0.0334. The van der Waals surface area contributed by atoms with Gasteiger partial charge in [-0.05, 0) is 90.1 Å². The summed E-state index contributed by atoms with van der Waals surface area (Å²) in [5, 5.41) is 3.04. The van der Waals surface area contributed by atoms with E-state index in [1.807, 2.05) is 6.26 Å². The predicted molar refractivity (Wildman–Crippen MR) is 215 cm³/mol. The van der Waals surface area contributed by atoms with Crippen LogP contribution in [0.1, 0.15) is 201 Å². The lowest BCUT2D eigenvalue weighted by atomic mass is 10.0. The van der Waals surface area contributed by atoms with Crippen LogP contribution in [0, 0.1) is 0 Å². The monoisotopic (exact) mass is 727 g/mol. The summed E-state index contributed by atoms with van der Waals surface area (Å²) in [6, 6.07) is 0. The van der Waals surface area contributed by atoms with Crippen LogP contribution in [-0.2, 0) is 23.9 Å². The maximum atomic E-state index is 12.6. The Morgan fingerprint density at radius 2 is 1.02 bits per heavy atom. The largest absolute Gasteiger partial charge is 0.466 e. The molecule has 0 spiro atoms. The van der Waals surface area contributed by atoms with E-state index in [4.69, 9.17) is 9.47 Å². The van der Waals surface area contributed by atoms with E-state index in [0.717, 1.165) is 103 Å². The summed E-state index contributed by atoms with van der Waals surface area (Å²) in [7, 11) is 0. The van der Waals surface area contributed by atoms with Crippen molar-refractivity contribution in [3.8, 4) is 0 Å². The number of carbonyl (C=O) groups excluding carboxylic acids is 3. The lowest BCUT2D eigenvalue weighted by Gasteiger charge is -2.22. The lowest BCUT2D eigenvalue weighted by Crippen LogP contribution is -2.32. The van der Waals surface area contributed by atoms with Gasteiger partial charge < -0.3 is 19.7 Å². The van der Waals surface area contributed by atoms with E-state index in [9.17, 15) is 14.4 Å². The van der Waals surface area contributed by atoms with Crippen molar-refractivity contribution in [3.63, 3.8) is 0 Å². The van der Waals surface area contributed by atoms with Gasteiger partial charge in [0.25, 0.3) is 0 Å². The summed E-state index contributed by atoms with van der Waals surface area (Å²) < 4.78 is 11.3. The molecular weight excluding hydrogens is 645 g/mol. The summed E-state index contributed by atoms with van der Waals surface area (Å²) in [6.07, 6.45) is 32.9. The van der Waals surface area contributed by atoms with Gasteiger partial charge in [-0.25, -0.2) is 0 Å². The molecule has 0 fully saturated rings. The number of hydrogen-bond acceptors (Lipinski definition) is 7. The van der Waals surface area contributed by atoms with Crippen LogP contribution >= 0.6 is 11.8 Å². The number of thioether (sulfide) groups is 1. The zero-order chi connectivity index (χ0) is 36.8. The van der Waals surface area contributed by atoms with Crippen molar-refractivity contribution in [1.82, 2.24) is 10.2 Å². The molecule has 1 atom stereocenters. The normalized spacial score (nSPS) is 11.9. The van der Waals surface area contributed by atoms with Crippen molar-refractivity contribution in [2.45, 2.75) is 207 Å². The number of rotatable bonds is 39. The summed E-state index contributed by atoms with van der Waals surface area (Å²) in [4.78, 5) is 39.0. The Kier molecular flexibility index (Phi) is 37.9. The molecule has 50 heavy (non-hydrogen) atoms. The molecule has 0 bridgehead atoms. The maximum Gasteiger partial charge on any atom is 0.306 e. The molecule has 8 heteroatoms. The predicted octanol–water partition coefficient (Wildman–Crippen LogP) is 11.2. The molecule has 0 saturated heterocycles. The summed E-state index contributed by atoms with van der Waals surface area (Å²) >= 11 is 1.56. The molecule has 0 rings (SSSR count). The second-order valence-corrected chi connectivity index (χ2v) is 15.3. The highest BCUT2D eigenvalue weighted by Crippen LogP contribution is 2.17. The topological polar surface area (TPSA) is 84.9 Å². The third kappa shape index (κ3) is 35.1. The number of hydrogen-bond donors (Lipinski definition) is 1. The zero-order valence-corrected chi connectivity index (χ0v) is 34.3. The lowest BCUT2D eigenvalue weighted by molar-refractivity contribution is -0.150. The standard InChI is InChI=1S/C42H82N2O5S/c1-5-8-11-13-20-27-37-48-41(46)31-23-16-14-18-25-34-44(36-28-33-43-40(45)38-50-4)35-26-19-15-17-24-32-42(47)49-39(29-21-10-7-3)30-22-12-9-6-2/h39H,5-38H2,1-4H3,(H,43,45). The summed E-state index contributed by atoms with van der Waals surface area (Å²) in [6.45, 7) is 11.2. The molecule has 1 amide bonds. The molecule has 0 aliphatic carbocycles. The van der Waals surface area contributed by atoms with E-state index in [-0.39, 0.29) is 23.9 Å². The molecule has 296 valence electrons. The molecule has 7 nitrogen and oxygen atoms in total. The van der Waals surface area contributed by atoms with Gasteiger partial charge in [0.1, 0.15) is 6.10 Å². The Morgan fingerprint density at radius 1 is 0.560 bits per heavy atom. The molecular formula is C42H82N2O5S. The van der Waals surface area contributed by atoms with Gasteiger partial charge in [0, 0.05) is 19.4 Å². The first kappa shape index (κ1) is 48.7. The number of carbonyl (C=O) groups is 3. The Bertz CT molecular complexity index is 768. The average Bonchev–Trinajstić information content (AvgIpc) is 3.10. The van der Waals surface area contributed by atoms with Gasteiger partial charge in [0.2, 0.25) is 5.91 Å². The number of amides is 1. The molecule has 0 aromatic carbocycles. The number of unbranched alkanes of at least 4 members (excludes halogenated alkanes) is 18. The van der Waals surface area contributed by atoms with Crippen LogP contribution in [-0.4, -0.2) is 73.6 Å². The molecule has 1 N–H and O–H groups in total. The molecule has 0 aliphatic heterocycles. The molecule has 0 aromatic heterocycles. The molecule has 0 aliphatic rings. The molecule has 0 radical (unpaired) electrons. The van der Waals surface area contributed by atoms with Gasteiger partial charge >= 0.3 is 11.9 Å². The van der Waals surface area contributed by atoms with Crippen molar-refractivity contribution in [1.29, 1.82) is 0 Å². The average molecular weight is 727 g/mol. The van der Waals surface area contributed by atoms with E-state index in [2.05, 4.69) is 31.0 Å². The second kappa shape index (κ2) is 38.9. The Morgan fingerprint density at radius 3 is 1.62 bits per heavy atom. The van der Waals surface area contributed by atoms with Crippen LogP contribution in [0.2, 0.25) is 0 Å². The molecule has 0 saturated carbocycles. The summed E-state index contributed by atoms with van der Waals surface area (Å²) in [5.74, 6) is 0.616. The van der Waals surface area contributed by atoms with Crippen LogP contribution in [0.25, 0.3) is 0 Å². The van der Waals surface area contributed by atoms with Gasteiger partial charge in [-0.15, -0.1) is 0 Å². The first-order valence-electron chi connectivity index (χ1n) is 21.3. The van der Waals surface area contributed by atoms with Crippen LogP contribution in [0.5, 0.6) is 0 Å². The van der Waals surface area contributed by atoms with E-state index < -0.39 is 0 Å². The maximum absolute atomic E-state index is 12.6. The first-order valence-corrected chi connectivity index (χ1v) is 22.7. The van der Waals surface area contributed by atoms with Gasteiger partial charge in [0.15, 0.2) is 0 Å². The van der Waals surface area contributed by atoms with E-state index in [1.54, 1.807) is 11.8 Å². The van der Waals surface area contributed by atoms with Crippen molar-refractivity contribution >= 4 is 29.6 Å². The quantitative estimate of drug-likeness (QED) is 0.0498. The fraction of sp³-hybridized carbons (Fsp3) is 0.929. The third-order valence-corrected chi connectivity index (χ3v) is 10.1. The Hall–Kier alpha value is -1.28. The van der Waals surface area contributed by atoms with E-state index >= 15 is 0 Å². The van der Waals surface area contributed by atoms with Crippen LogP contribution in [0.3, 0.4) is 0 Å². The number of esters is 2. The molecule has 1 unspecified atom stereocenters. The number of nitrogens with zero attached hydrogens (tertiary/aromatic N) is 1. The fourth-order valence-electron chi connectivity index (χ4n) is 6.39. The smallest absolute Gasteiger partial charge is 0.306 e. The van der Waals surface area contributed by atoms with Crippen LogP contribution in [0.15, 0.2) is 0 Å². The minimum Gasteiger partial charge on any atom is -0.466 e. The van der Waals surface area contributed by atoms with E-state index in [1.165, 1.54) is 89.9 Å². The van der Waals surface area contributed by atoms with Gasteiger partial charge in [-0.3, -0.25) is 14.4 Å². The Labute approximate surface area is 314 Å². The zero-order valence-electron chi connectivity index (χ0n) is 33.5. The fourth-order valence-corrected chi connectivity index (χ4v) is 6.75. The van der Waals surface area contributed by atoms with Gasteiger partial charge in [-0.1, -0.05) is 124 Å². The molecule has 0 aromatic rings. The van der Waals surface area contributed by atoms with Gasteiger partial charge in [-0.2, -0.15) is 11.8 Å². The van der Waals surface area contributed by atoms with Crippen LogP contribution < -0.4 is 5.32 Å². The van der Waals surface area contributed by atoms with Crippen molar-refractivity contribution < 1.29 is 23.9 Å². The highest BCUT2D eigenvalue weighted by molar-refractivity contribution is 7.99. The van der Waals surface area contributed by atoms with Crippen LogP contribution in [0.4, 0.5) is 0 Å². The molecule has 0 heterocycles. The number of ether oxygens (including phenoxy) is 2. The van der Waals surface area contributed by atoms with Crippen molar-refractivity contribution in [3.05, 3.63) is 0 Å². The van der Waals surface area contributed by atoms with Crippen molar-refractivity contribution in [2.24, 2.45) is 0 Å². The van der Waals surface area contributed by atoms with Gasteiger partial charge in [0.05, 0.1) is 12.4 Å².